The lowest BCUT2D eigenvalue weighted by molar-refractivity contribution is -0.144. The van der Waals surface area contributed by atoms with Crippen molar-refractivity contribution in [3.63, 3.8) is 0 Å². The van der Waals surface area contributed by atoms with Crippen LogP contribution in [0, 0.1) is 5.41 Å². The summed E-state index contributed by atoms with van der Waals surface area (Å²) < 4.78 is 0. The van der Waals surface area contributed by atoms with Gasteiger partial charge in [0.1, 0.15) is 0 Å². The average Bonchev–Trinajstić information content (AvgIpc) is 2.20. The summed E-state index contributed by atoms with van der Waals surface area (Å²) in [5.74, 6) is 0.297. The summed E-state index contributed by atoms with van der Waals surface area (Å²) in [6.07, 6.45) is 0.900. The summed E-state index contributed by atoms with van der Waals surface area (Å²) in [6.45, 7) is 12.1. The minimum Gasteiger partial charge on any atom is -0.337 e. The fourth-order valence-corrected chi connectivity index (χ4v) is 1.84. The number of carbonyl (C=O) groups is 1. The monoisotopic (exact) mass is 212 g/mol. The molecule has 0 aromatic heterocycles. The highest BCUT2D eigenvalue weighted by molar-refractivity contribution is 5.82. The van der Waals surface area contributed by atoms with Crippen LogP contribution in [0.15, 0.2) is 0 Å². The van der Waals surface area contributed by atoms with E-state index >= 15 is 0 Å². The smallest absolute Gasteiger partial charge is 0.228 e. The van der Waals surface area contributed by atoms with E-state index in [0.717, 1.165) is 19.5 Å². The van der Waals surface area contributed by atoms with Gasteiger partial charge in [0.15, 0.2) is 0 Å². The number of hydrogen-bond donors (Lipinski definition) is 1. The highest BCUT2D eigenvalue weighted by atomic mass is 16.2. The fraction of sp³-hybridized carbons (Fsp3) is 0.917. The van der Waals surface area contributed by atoms with Crippen LogP contribution in [0.5, 0.6) is 0 Å². The van der Waals surface area contributed by atoms with Crippen LogP contribution in [0.3, 0.4) is 0 Å². The van der Waals surface area contributed by atoms with Gasteiger partial charge in [-0.2, -0.15) is 0 Å². The van der Waals surface area contributed by atoms with Crippen LogP contribution < -0.4 is 5.32 Å². The first-order valence-corrected chi connectivity index (χ1v) is 5.93. The van der Waals surface area contributed by atoms with Gasteiger partial charge in [-0.3, -0.25) is 4.79 Å². The van der Waals surface area contributed by atoms with Gasteiger partial charge < -0.3 is 10.2 Å². The number of hydrogen-bond acceptors (Lipinski definition) is 2. The van der Waals surface area contributed by atoms with Crippen LogP contribution >= 0.6 is 0 Å². The molecule has 3 heteroatoms. The van der Waals surface area contributed by atoms with Crippen molar-refractivity contribution in [2.45, 2.75) is 53.1 Å². The topological polar surface area (TPSA) is 32.3 Å². The molecule has 1 amide bonds. The second-order valence-electron chi connectivity index (χ2n) is 5.35. The van der Waals surface area contributed by atoms with Gasteiger partial charge in [-0.15, -0.1) is 0 Å². The summed E-state index contributed by atoms with van der Waals surface area (Å²) in [6, 6.07) is 0.734. The van der Waals surface area contributed by atoms with E-state index in [2.05, 4.69) is 26.1 Å². The third-order valence-electron chi connectivity index (χ3n) is 3.49. The maximum Gasteiger partial charge on any atom is 0.228 e. The fourth-order valence-electron chi connectivity index (χ4n) is 1.84. The standard InChI is InChI=1S/C12H24N2O/c1-6-12(4,5)11(15)14-8-9(2)13-7-10(14)3/h9-10,13H,6-8H2,1-5H3. The van der Waals surface area contributed by atoms with Gasteiger partial charge >= 0.3 is 0 Å². The first kappa shape index (κ1) is 12.5. The predicted octanol–water partition coefficient (Wildman–Crippen LogP) is 1.63. The summed E-state index contributed by atoms with van der Waals surface area (Å²) in [5.41, 5.74) is -0.217. The molecule has 1 aliphatic heterocycles. The number of nitrogens with zero attached hydrogens (tertiary/aromatic N) is 1. The van der Waals surface area contributed by atoms with Crippen LogP contribution in [-0.4, -0.2) is 36.0 Å². The number of carbonyl (C=O) groups excluding carboxylic acids is 1. The Hall–Kier alpha value is -0.570. The Kier molecular flexibility index (Phi) is 3.77. The average molecular weight is 212 g/mol. The first-order chi connectivity index (χ1) is 6.88. The molecule has 1 fully saturated rings. The third-order valence-corrected chi connectivity index (χ3v) is 3.49. The van der Waals surface area contributed by atoms with Crippen molar-refractivity contribution in [2.75, 3.05) is 13.1 Å². The molecule has 2 unspecified atom stereocenters. The van der Waals surface area contributed by atoms with Crippen molar-refractivity contribution in [3.8, 4) is 0 Å². The molecule has 2 atom stereocenters. The molecule has 1 aliphatic rings. The normalized spacial score (nSPS) is 27.9. The molecule has 0 aromatic carbocycles. The second-order valence-corrected chi connectivity index (χ2v) is 5.35. The summed E-state index contributed by atoms with van der Waals surface area (Å²) in [4.78, 5) is 14.3. The molecule has 3 nitrogen and oxygen atoms in total. The Morgan fingerprint density at radius 2 is 2.07 bits per heavy atom. The van der Waals surface area contributed by atoms with Gasteiger partial charge in [0, 0.05) is 30.6 Å². The molecule has 0 radical (unpaired) electrons. The van der Waals surface area contributed by atoms with Gasteiger partial charge in [0.2, 0.25) is 5.91 Å². The van der Waals surface area contributed by atoms with Crippen molar-refractivity contribution in [1.82, 2.24) is 10.2 Å². The lowest BCUT2D eigenvalue weighted by atomic mass is 9.87. The molecular formula is C12H24N2O. The van der Waals surface area contributed by atoms with Crippen molar-refractivity contribution < 1.29 is 4.79 Å². The van der Waals surface area contributed by atoms with E-state index in [-0.39, 0.29) is 5.41 Å². The highest BCUT2D eigenvalue weighted by Crippen LogP contribution is 2.25. The van der Waals surface area contributed by atoms with Gasteiger partial charge in [-0.05, 0) is 20.3 Å². The number of nitrogens with one attached hydrogen (secondary N) is 1. The Morgan fingerprint density at radius 1 is 1.47 bits per heavy atom. The molecule has 1 N–H and O–H groups in total. The summed E-state index contributed by atoms with van der Waals surface area (Å²) in [5, 5.41) is 3.39. The zero-order valence-electron chi connectivity index (χ0n) is 10.6. The number of amides is 1. The van der Waals surface area contributed by atoms with E-state index in [0.29, 0.717) is 18.0 Å². The Morgan fingerprint density at radius 3 is 2.60 bits per heavy atom. The lowest BCUT2D eigenvalue weighted by Gasteiger charge is -2.41. The van der Waals surface area contributed by atoms with E-state index in [1.165, 1.54) is 0 Å². The van der Waals surface area contributed by atoms with Crippen LogP contribution in [-0.2, 0) is 4.79 Å². The molecule has 88 valence electrons. The van der Waals surface area contributed by atoms with Crippen LogP contribution in [0.4, 0.5) is 0 Å². The second kappa shape index (κ2) is 4.52. The molecule has 1 saturated heterocycles. The molecule has 1 rings (SSSR count). The van der Waals surface area contributed by atoms with E-state index in [4.69, 9.17) is 0 Å². The molecule has 15 heavy (non-hydrogen) atoms. The molecule has 0 saturated carbocycles. The quantitative estimate of drug-likeness (QED) is 0.754. The summed E-state index contributed by atoms with van der Waals surface area (Å²) in [7, 11) is 0. The van der Waals surface area contributed by atoms with Gasteiger partial charge in [-0.1, -0.05) is 20.8 Å². The maximum absolute atomic E-state index is 12.3. The van der Waals surface area contributed by atoms with Crippen LogP contribution in [0.1, 0.15) is 41.0 Å². The molecular weight excluding hydrogens is 188 g/mol. The van der Waals surface area contributed by atoms with E-state index in [1.54, 1.807) is 0 Å². The first-order valence-electron chi connectivity index (χ1n) is 5.93. The molecule has 0 aromatic rings. The van der Waals surface area contributed by atoms with Gasteiger partial charge in [0.05, 0.1) is 0 Å². The van der Waals surface area contributed by atoms with E-state index < -0.39 is 0 Å². The maximum atomic E-state index is 12.3. The SMILES string of the molecule is CCC(C)(C)C(=O)N1CC(C)NCC1C. The van der Waals surface area contributed by atoms with E-state index in [9.17, 15) is 4.79 Å². The zero-order chi connectivity index (χ0) is 11.6. The Labute approximate surface area is 93.2 Å². The largest absolute Gasteiger partial charge is 0.337 e. The van der Waals surface area contributed by atoms with E-state index in [1.807, 2.05) is 18.7 Å². The molecule has 0 spiro atoms. The Balaban J connectivity index is 2.73. The number of piperazine rings is 1. The molecule has 1 heterocycles. The van der Waals surface area contributed by atoms with Gasteiger partial charge in [-0.25, -0.2) is 0 Å². The van der Waals surface area contributed by atoms with Gasteiger partial charge in [0.25, 0.3) is 0 Å². The van der Waals surface area contributed by atoms with Crippen LogP contribution in [0.2, 0.25) is 0 Å². The minimum absolute atomic E-state index is 0.217. The van der Waals surface area contributed by atoms with Crippen molar-refractivity contribution >= 4 is 5.91 Å². The lowest BCUT2D eigenvalue weighted by Crippen LogP contribution is -2.58. The van der Waals surface area contributed by atoms with Crippen LogP contribution in [0.25, 0.3) is 0 Å². The molecule has 0 aliphatic carbocycles. The highest BCUT2D eigenvalue weighted by Gasteiger charge is 2.35. The third kappa shape index (κ3) is 2.71. The predicted molar refractivity (Wildman–Crippen MR) is 62.7 cm³/mol. The van der Waals surface area contributed by atoms with Crippen molar-refractivity contribution in [1.29, 1.82) is 0 Å². The molecule has 0 bridgehead atoms. The Bertz CT molecular complexity index is 238. The zero-order valence-corrected chi connectivity index (χ0v) is 10.6. The van der Waals surface area contributed by atoms with Crippen molar-refractivity contribution in [2.24, 2.45) is 5.41 Å². The van der Waals surface area contributed by atoms with Crippen molar-refractivity contribution in [3.05, 3.63) is 0 Å². The number of rotatable bonds is 2. The summed E-state index contributed by atoms with van der Waals surface area (Å²) >= 11 is 0. The minimum atomic E-state index is -0.217.